The summed E-state index contributed by atoms with van der Waals surface area (Å²) in [6.07, 6.45) is 0. The fourth-order valence-electron chi connectivity index (χ4n) is 10.8. The van der Waals surface area contributed by atoms with Crippen molar-refractivity contribution in [3.63, 3.8) is 0 Å². The average Bonchev–Trinajstić information content (AvgIpc) is 4.04. The number of hydrogen-bond donors (Lipinski definition) is 0. The molecule has 0 N–H and O–H groups in total. The second-order valence-corrected chi connectivity index (χ2v) is 18.1. The summed E-state index contributed by atoms with van der Waals surface area (Å²) in [4.78, 5) is 6.27. The third kappa shape index (κ3) is 5.74. The zero-order valence-corrected chi connectivity index (χ0v) is 36.5. The van der Waals surface area contributed by atoms with E-state index in [1.54, 1.807) is 0 Å². The molecule has 1 aliphatic carbocycles. The maximum absolute atomic E-state index is 7.96. The molecule has 13 rings (SSSR count). The van der Waals surface area contributed by atoms with E-state index in [9.17, 15) is 0 Å². The molecule has 2 heterocycles. The van der Waals surface area contributed by atoms with Crippen molar-refractivity contribution in [2.75, 3.05) is 4.90 Å². The van der Waals surface area contributed by atoms with Crippen LogP contribution in [0.1, 0.15) is 22.3 Å². The molecule has 0 spiro atoms. The second kappa shape index (κ2) is 15.1. The van der Waals surface area contributed by atoms with E-state index in [1.807, 2.05) is 41.7 Å². The zero-order valence-electron chi connectivity index (χ0n) is 35.7. The summed E-state index contributed by atoms with van der Waals surface area (Å²) in [5.74, 6) is 0. The number of nitrogens with zero attached hydrogens (tertiary/aromatic N) is 2. The van der Waals surface area contributed by atoms with Crippen molar-refractivity contribution < 1.29 is 4.42 Å². The van der Waals surface area contributed by atoms with Crippen molar-refractivity contribution in [1.29, 1.82) is 0 Å². The quantitative estimate of drug-likeness (QED) is 0.149. The van der Waals surface area contributed by atoms with Crippen LogP contribution < -0.4 is 4.90 Å². The van der Waals surface area contributed by atoms with Crippen LogP contribution in [0, 0.1) is 6.57 Å². The average molecular weight is 859 g/mol. The summed E-state index contributed by atoms with van der Waals surface area (Å²) < 4.78 is 9.11. The molecule has 1 aliphatic rings. The van der Waals surface area contributed by atoms with E-state index in [-0.39, 0.29) is 0 Å². The van der Waals surface area contributed by atoms with E-state index in [4.69, 9.17) is 11.0 Å². The predicted octanol–water partition coefficient (Wildman–Crippen LogP) is 17.7. The van der Waals surface area contributed by atoms with Crippen LogP contribution in [-0.4, -0.2) is 0 Å². The molecule has 0 saturated carbocycles. The molecular formula is C62H38N2OS. The smallest absolute Gasteiger partial charge is 0.187 e. The van der Waals surface area contributed by atoms with Gasteiger partial charge in [-0.3, -0.25) is 0 Å². The van der Waals surface area contributed by atoms with Gasteiger partial charge in [0, 0.05) is 53.9 Å². The first-order chi connectivity index (χ1) is 32.7. The fourth-order valence-corrected chi connectivity index (χ4v) is 11.9. The maximum atomic E-state index is 7.96. The summed E-state index contributed by atoms with van der Waals surface area (Å²) in [5, 5.41) is 4.69. The van der Waals surface area contributed by atoms with Gasteiger partial charge in [-0.05, 0) is 105 Å². The first-order valence-corrected chi connectivity index (χ1v) is 23.1. The number of rotatable bonds is 7. The highest BCUT2D eigenvalue weighted by molar-refractivity contribution is 7.25. The number of anilines is 3. The molecule has 0 saturated heterocycles. The second-order valence-electron chi connectivity index (χ2n) is 17.0. The standard InChI is InChI=1S/C62H38N2OS/c1-63-44-21-14-16-40(36-44)47-25-15-27-56(61(47)41-30-33-52-51-24-10-13-29-59(51)66-60(52)37-41)64(46-31-34-50-49-23-9-12-28-57(49)65-58(50)39-46)45-32-35-55-53(38-45)48-22-8-11-26-54(48)62(55,42-17-4-2-5-18-42)43-19-6-3-7-20-43/h2-39H. The van der Waals surface area contributed by atoms with Crippen molar-refractivity contribution >= 4 is 76.2 Å². The molecule has 0 amide bonds. The van der Waals surface area contributed by atoms with Crippen LogP contribution in [0.3, 0.4) is 0 Å². The number of thiophene rings is 1. The monoisotopic (exact) mass is 858 g/mol. The Morgan fingerprint density at radius 1 is 0.424 bits per heavy atom. The number of para-hydroxylation sites is 1. The lowest BCUT2D eigenvalue weighted by molar-refractivity contribution is 0.669. The van der Waals surface area contributed by atoms with Gasteiger partial charge in [-0.25, -0.2) is 4.85 Å². The van der Waals surface area contributed by atoms with Gasteiger partial charge in [0.1, 0.15) is 11.2 Å². The molecule has 2 aromatic heterocycles. The normalized spacial score (nSPS) is 12.7. The van der Waals surface area contributed by atoms with Crippen LogP contribution in [0.4, 0.5) is 22.7 Å². The topological polar surface area (TPSA) is 20.7 Å². The predicted molar refractivity (Wildman–Crippen MR) is 276 cm³/mol. The Hall–Kier alpha value is -8.49. The summed E-state index contributed by atoms with van der Waals surface area (Å²) in [5.41, 5.74) is 16.4. The first kappa shape index (κ1) is 38.0. The van der Waals surface area contributed by atoms with Gasteiger partial charge in [0.15, 0.2) is 5.69 Å². The third-order valence-corrected chi connectivity index (χ3v) is 14.7. The molecule has 10 aromatic carbocycles. The Morgan fingerprint density at radius 2 is 1.06 bits per heavy atom. The molecule has 0 fully saturated rings. The molecule has 0 radical (unpaired) electrons. The van der Waals surface area contributed by atoms with Gasteiger partial charge in [0.2, 0.25) is 0 Å². The molecular weight excluding hydrogens is 821 g/mol. The van der Waals surface area contributed by atoms with Gasteiger partial charge in [0.05, 0.1) is 17.7 Å². The Bertz CT molecular complexity index is 3870. The van der Waals surface area contributed by atoms with Crippen LogP contribution in [0.2, 0.25) is 0 Å². The van der Waals surface area contributed by atoms with Gasteiger partial charge in [0.25, 0.3) is 0 Å². The molecule has 308 valence electrons. The van der Waals surface area contributed by atoms with E-state index in [2.05, 4.69) is 210 Å². The summed E-state index contributed by atoms with van der Waals surface area (Å²) in [7, 11) is 0. The fraction of sp³-hybridized carbons (Fsp3) is 0.0161. The van der Waals surface area contributed by atoms with Crippen molar-refractivity contribution in [3.05, 3.63) is 264 Å². The molecule has 4 heteroatoms. The molecule has 3 nitrogen and oxygen atoms in total. The van der Waals surface area contributed by atoms with Crippen LogP contribution in [0.5, 0.6) is 0 Å². The molecule has 0 unspecified atom stereocenters. The summed E-state index contributed by atoms with van der Waals surface area (Å²) >= 11 is 1.83. The van der Waals surface area contributed by atoms with Crippen LogP contribution >= 0.6 is 11.3 Å². The van der Waals surface area contributed by atoms with Gasteiger partial charge in [-0.1, -0.05) is 170 Å². The van der Waals surface area contributed by atoms with Crippen LogP contribution in [0.25, 0.3) is 80.3 Å². The SMILES string of the molecule is [C-]#[N+]c1cccc(-c2cccc(N(c3ccc4c(c3)-c3ccccc3C4(c3ccccc3)c3ccccc3)c3ccc4c(c3)oc3ccccc34)c2-c2ccc3c(c2)sc2ccccc23)c1. The lowest BCUT2D eigenvalue weighted by Gasteiger charge is -2.34. The van der Waals surface area contributed by atoms with Crippen LogP contribution in [0.15, 0.2) is 235 Å². The van der Waals surface area contributed by atoms with Crippen molar-refractivity contribution in [1.82, 2.24) is 0 Å². The lowest BCUT2D eigenvalue weighted by atomic mass is 9.68. The number of hydrogen-bond acceptors (Lipinski definition) is 3. The van der Waals surface area contributed by atoms with E-state index < -0.39 is 5.41 Å². The maximum Gasteiger partial charge on any atom is 0.187 e. The van der Waals surface area contributed by atoms with Gasteiger partial charge < -0.3 is 9.32 Å². The lowest BCUT2D eigenvalue weighted by Crippen LogP contribution is -2.28. The Morgan fingerprint density at radius 3 is 1.89 bits per heavy atom. The van der Waals surface area contributed by atoms with E-state index in [1.165, 1.54) is 53.6 Å². The Labute approximate surface area is 386 Å². The number of benzene rings is 10. The highest BCUT2D eigenvalue weighted by atomic mass is 32.1. The molecule has 0 atom stereocenters. The largest absolute Gasteiger partial charge is 0.456 e. The summed E-state index contributed by atoms with van der Waals surface area (Å²) in [6.45, 7) is 7.96. The van der Waals surface area contributed by atoms with E-state index in [0.717, 1.165) is 61.3 Å². The third-order valence-electron chi connectivity index (χ3n) is 13.6. The highest BCUT2D eigenvalue weighted by Crippen LogP contribution is 2.58. The molecule has 0 aliphatic heterocycles. The van der Waals surface area contributed by atoms with Gasteiger partial charge in [-0.15, -0.1) is 11.3 Å². The molecule has 12 aromatic rings. The Balaban J connectivity index is 1.11. The minimum absolute atomic E-state index is 0.524. The number of furan rings is 1. The number of fused-ring (bicyclic) bond motifs is 9. The minimum atomic E-state index is -0.524. The first-order valence-electron chi connectivity index (χ1n) is 22.3. The van der Waals surface area contributed by atoms with Crippen molar-refractivity contribution in [3.8, 4) is 33.4 Å². The minimum Gasteiger partial charge on any atom is -0.456 e. The zero-order chi connectivity index (χ0) is 43.8. The van der Waals surface area contributed by atoms with Crippen LogP contribution in [-0.2, 0) is 5.41 Å². The van der Waals surface area contributed by atoms with E-state index in [0.29, 0.717) is 5.69 Å². The highest BCUT2D eigenvalue weighted by Gasteiger charge is 2.46. The molecule has 66 heavy (non-hydrogen) atoms. The summed E-state index contributed by atoms with van der Waals surface area (Å²) in [6, 6.07) is 83.0. The van der Waals surface area contributed by atoms with Crippen molar-refractivity contribution in [2.45, 2.75) is 5.41 Å². The van der Waals surface area contributed by atoms with Gasteiger partial charge >= 0.3 is 0 Å². The molecule has 0 bridgehead atoms. The van der Waals surface area contributed by atoms with Crippen molar-refractivity contribution in [2.24, 2.45) is 0 Å². The Kier molecular flexibility index (Phi) is 8.68. The van der Waals surface area contributed by atoms with Gasteiger partial charge in [-0.2, -0.15) is 0 Å². The van der Waals surface area contributed by atoms with E-state index >= 15 is 0 Å².